The molecular formula is C21H22F3N3S. The molecule has 0 aliphatic heterocycles. The average Bonchev–Trinajstić information content (AvgIpc) is 2.99. The fourth-order valence-electron chi connectivity index (χ4n) is 3.91. The Bertz CT molecular complexity index is 1020. The van der Waals surface area contributed by atoms with Crippen LogP contribution in [-0.4, -0.2) is 9.97 Å². The van der Waals surface area contributed by atoms with Crippen molar-refractivity contribution in [3.8, 4) is 0 Å². The Labute approximate surface area is 166 Å². The Morgan fingerprint density at radius 1 is 1.11 bits per heavy atom. The number of hydrogen-bond acceptors (Lipinski definition) is 4. The Hall–Kier alpha value is -2.15. The maximum absolute atomic E-state index is 13.4. The van der Waals surface area contributed by atoms with Gasteiger partial charge in [-0.15, -0.1) is 11.3 Å². The molecule has 2 heterocycles. The predicted molar refractivity (Wildman–Crippen MR) is 107 cm³/mol. The number of halogens is 3. The van der Waals surface area contributed by atoms with E-state index in [9.17, 15) is 13.2 Å². The maximum Gasteiger partial charge on any atom is 0.418 e. The van der Waals surface area contributed by atoms with E-state index in [0.717, 1.165) is 35.5 Å². The van der Waals surface area contributed by atoms with Gasteiger partial charge in [0.15, 0.2) is 0 Å². The average molecular weight is 405 g/mol. The van der Waals surface area contributed by atoms with E-state index in [-0.39, 0.29) is 11.1 Å². The number of nitrogens with one attached hydrogen (secondary N) is 1. The third kappa shape index (κ3) is 3.48. The van der Waals surface area contributed by atoms with Crippen LogP contribution in [0.3, 0.4) is 0 Å². The summed E-state index contributed by atoms with van der Waals surface area (Å²) < 4.78 is 40.1. The molecule has 28 heavy (non-hydrogen) atoms. The molecule has 0 saturated carbocycles. The topological polar surface area (TPSA) is 37.8 Å². The number of rotatable bonds is 2. The van der Waals surface area contributed by atoms with Crippen molar-refractivity contribution in [2.45, 2.75) is 46.2 Å². The number of anilines is 2. The second-order valence-electron chi connectivity index (χ2n) is 8.38. The minimum atomic E-state index is -4.43. The van der Waals surface area contributed by atoms with Crippen LogP contribution in [0.15, 0.2) is 30.6 Å². The zero-order valence-corrected chi connectivity index (χ0v) is 16.8. The fourth-order valence-corrected chi connectivity index (χ4v) is 5.18. The molecule has 148 valence electrons. The summed E-state index contributed by atoms with van der Waals surface area (Å²) in [4.78, 5) is 10.8. The summed E-state index contributed by atoms with van der Waals surface area (Å²) in [5.41, 5.74) is 0.733. The standard InChI is InChI=1S/C21H22F3N3S/c1-20(2,3)12-8-9-13-16(10-12)28-19-17(13)18(25-11-26-19)27-15-7-5-4-6-14(15)21(22,23)24/h4-7,11-12H,8-10H2,1-3H3,(H,25,26,27). The molecule has 0 spiro atoms. The normalized spacial score (nSPS) is 17.6. The lowest BCUT2D eigenvalue weighted by molar-refractivity contribution is -0.136. The zero-order valence-electron chi connectivity index (χ0n) is 16.0. The first kappa shape index (κ1) is 19.2. The van der Waals surface area contributed by atoms with Crippen LogP contribution < -0.4 is 5.32 Å². The number of thiophene rings is 1. The molecule has 1 atom stereocenters. The third-order valence-electron chi connectivity index (χ3n) is 5.56. The molecule has 0 radical (unpaired) electrons. The van der Waals surface area contributed by atoms with Crippen LogP contribution in [0.4, 0.5) is 24.7 Å². The van der Waals surface area contributed by atoms with Crippen molar-refractivity contribution in [2.24, 2.45) is 11.3 Å². The summed E-state index contributed by atoms with van der Waals surface area (Å²) in [7, 11) is 0. The highest BCUT2D eigenvalue weighted by molar-refractivity contribution is 7.19. The second-order valence-corrected chi connectivity index (χ2v) is 9.46. The van der Waals surface area contributed by atoms with Gasteiger partial charge in [0.2, 0.25) is 0 Å². The molecule has 1 aliphatic carbocycles. The van der Waals surface area contributed by atoms with Gasteiger partial charge in [0, 0.05) is 4.88 Å². The van der Waals surface area contributed by atoms with Gasteiger partial charge in [0.05, 0.1) is 16.6 Å². The third-order valence-corrected chi connectivity index (χ3v) is 6.72. The molecule has 2 aromatic heterocycles. The smallest absolute Gasteiger partial charge is 0.339 e. The van der Waals surface area contributed by atoms with Crippen molar-refractivity contribution >= 4 is 33.1 Å². The van der Waals surface area contributed by atoms with Crippen molar-refractivity contribution < 1.29 is 13.2 Å². The molecule has 1 aliphatic rings. The number of aryl methyl sites for hydroxylation is 1. The molecule has 1 unspecified atom stereocenters. The van der Waals surface area contributed by atoms with Crippen LogP contribution >= 0.6 is 11.3 Å². The molecule has 0 fully saturated rings. The van der Waals surface area contributed by atoms with Gasteiger partial charge in [-0.2, -0.15) is 13.2 Å². The molecule has 4 rings (SSSR count). The van der Waals surface area contributed by atoms with Gasteiger partial charge >= 0.3 is 6.18 Å². The van der Waals surface area contributed by atoms with E-state index < -0.39 is 11.7 Å². The van der Waals surface area contributed by atoms with Crippen LogP contribution in [0.2, 0.25) is 0 Å². The summed E-state index contributed by atoms with van der Waals surface area (Å²) in [6, 6.07) is 5.50. The van der Waals surface area contributed by atoms with Gasteiger partial charge < -0.3 is 5.32 Å². The Balaban J connectivity index is 1.76. The molecule has 0 saturated heterocycles. The quantitative estimate of drug-likeness (QED) is 0.522. The van der Waals surface area contributed by atoms with E-state index in [2.05, 4.69) is 36.1 Å². The number of fused-ring (bicyclic) bond motifs is 3. The van der Waals surface area contributed by atoms with Crippen LogP contribution in [0.1, 0.15) is 43.2 Å². The van der Waals surface area contributed by atoms with Crippen molar-refractivity contribution in [3.63, 3.8) is 0 Å². The first-order valence-electron chi connectivity index (χ1n) is 9.33. The summed E-state index contributed by atoms with van der Waals surface area (Å²) in [5, 5.41) is 3.80. The summed E-state index contributed by atoms with van der Waals surface area (Å²) in [6.45, 7) is 6.78. The monoisotopic (exact) mass is 405 g/mol. The van der Waals surface area contributed by atoms with E-state index >= 15 is 0 Å². The van der Waals surface area contributed by atoms with Crippen molar-refractivity contribution in [2.75, 3.05) is 5.32 Å². The summed E-state index contributed by atoms with van der Waals surface area (Å²) >= 11 is 1.64. The summed E-state index contributed by atoms with van der Waals surface area (Å²) in [6.07, 6.45) is -0.0533. The first-order chi connectivity index (χ1) is 13.1. The SMILES string of the molecule is CC(C)(C)C1CCc2c(sc3ncnc(Nc4ccccc4C(F)(F)F)c23)C1. The first-order valence-corrected chi connectivity index (χ1v) is 10.1. The molecule has 7 heteroatoms. The number of para-hydroxylation sites is 1. The highest BCUT2D eigenvalue weighted by Gasteiger charge is 2.34. The molecule has 3 aromatic rings. The van der Waals surface area contributed by atoms with Crippen LogP contribution in [0, 0.1) is 11.3 Å². The molecule has 1 N–H and O–H groups in total. The largest absolute Gasteiger partial charge is 0.418 e. The van der Waals surface area contributed by atoms with Crippen LogP contribution in [0.25, 0.3) is 10.2 Å². The number of benzene rings is 1. The van der Waals surface area contributed by atoms with E-state index in [1.807, 2.05) is 0 Å². The van der Waals surface area contributed by atoms with Gasteiger partial charge in [-0.05, 0) is 48.3 Å². The second kappa shape index (κ2) is 6.72. The lowest BCUT2D eigenvalue weighted by Gasteiger charge is -2.33. The van der Waals surface area contributed by atoms with E-state index in [0.29, 0.717) is 11.7 Å². The van der Waals surface area contributed by atoms with Gasteiger partial charge in [-0.25, -0.2) is 9.97 Å². The molecule has 1 aromatic carbocycles. The minimum Gasteiger partial charge on any atom is -0.339 e. The Morgan fingerprint density at radius 2 is 1.86 bits per heavy atom. The highest BCUT2D eigenvalue weighted by atomic mass is 32.1. The van der Waals surface area contributed by atoms with Crippen molar-refractivity contribution in [1.29, 1.82) is 0 Å². The van der Waals surface area contributed by atoms with Crippen LogP contribution in [0.5, 0.6) is 0 Å². The fraction of sp³-hybridized carbons (Fsp3) is 0.429. The Kier molecular flexibility index (Phi) is 4.61. The minimum absolute atomic E-state index is 0.0123. The highest BCUT2D eigenvalue weighted by Crippen LogP contribution is 2.45. The lowest BCUT2D eigenvalue weighted by atomic mass is 9.72. The van der Waals surface area contributed by atoms with Crippen molar-refractivity contribution in [3.05, 3.63) is 46.6 Å². The van der Waals surface area contributed by atoms with E-state index in [1.54, 1.807) is 17.4 Å². The number of nitrogens with zero attached hydrogens (tertiary/aromatic N) is 2. The van der Waals surface area contributed by atoms with Crippen molar-refractivity contribution in [1.82, 2.24) is 9.97 Å². The molecular weight excluding hydrogens is 383 g/mol. The Morgan fingerprint density at radius 3 is 2.57 bits per heavy atom. The van der Waals surface area contributed by atoms with E-state index in [1.165, 1.54) is 28.9 Å². The van der Waals surface area contributed by atoms with Crippen LogP contribution in [-0.2, 0) is 19.0 Å². The zero-order chi connectivity index (χ0) is 20.1. The molecule has 3 nitrogen and oxygen atoms in total. The predicted octanol–water partition coefficient (Wildman–Crippen LogP) is 6.60. The van der Waals surface area contributed by atoms with Gasteiger partial charge in [-0.1, -0.05) is 32.9 Å². The summed E-state index contributed by atoms with van der Waals surface area (Å²) in [5.74, 6) is 1.04. The number of alkyl halides is 3. The molecule has 0 amide bonds. The number of aromatic nitrogens is 2. The van der Waals surface area contributed by atoms with E-state index in [4.69, 9.17) is 0 Å². The number of hydrogen-bond donors (Lipinski definition) is 1. The lowest BCUT2D eigenvalue weighted by Crippen LogP contribution is -2.26. The maximum atomic E-state index is 13.4. The molecule has 0 bridgehead atoms. The van der Waals surface area contributed by atoms with Gasteiger partial charge in [-0.3, -0.25) is 0 Å². The van der Waals surface area contributed by atoms with Gasteiger partial charge in [0.25, 0.3) is 0 Å². The van der Waals surface area contributed by atoms with Gasteiger partial charge in [0.1, 0.15) is 17.0 Å².